The molecule has 0 aromatic heterocycles. The number of hydrogen-bond donors (Lipinski definition) is 1. The molecule has 0 atom stereocenters. The Bertz CT molecular complexity index is 607. The molecule has 0 radical (unpaired) electrons. The first-order valence-corrected chi connectivity index (χ1v) is 7.25. The molecule has 0 aliphatic rings. The third-order valence-corrected chi connectivity index (χ3v) is 4.32. The molecule has 2 rings (SSSR count). The molecule has 0 saturated carbocycles. The van der Waals surface area contributed by atoms with Gasteiger partial charge in [0.15, 0.2) is 0 Å². The summed E-state index contributed by atoms with van der Waals surface area (Å²) in [6.07, 6.45) is 0.414. The lowest BCUT2D eigenvalue weighted by atomic mass is 10.1. The second-order valence-electron chi connectivity index (χ2n) is 4.56. The number of aryl methyl sites for hydroxylation is 1. The molecule has 3 heteroatoms. The zero-order chi connectivity index (χ0) is 13.8. The van der Waals surface area contributed by atoms with Crippen molar-refractivity contribution in [3.8, 4) is 0 Å². The van der Waals surface area contributed by atoms with E-state index >= 15 is 0 Å². The maximum Gasteiger partial charge on any atom is 0.228 e. The van der Waals surface area contributed by atoms with Gasteiger partial charge in [-0.1, -0.05) is 30.3 Å². The predicted octanol–water partition coefficient (Wildman–Crippen LogP) is 4.09. The van der Waals surface area contributed by atoms with Crippen LogP contribution < -0.4 is 5.32 Å². The summed E-state index contributed by atoms with van der Waals surface area (Å²) in [6.45, 7) is 4.05. The largest absolute Gasteiger partial charge is 0.326 e. The molecule has 0 saturated heterocycles. The minimum atomic E-state index is 0.0272. The molecule has 2 aromatic rings. The van der Waals surface area contributed by atoms with Crippen LogP contribution in [0, 0.1) is 17.4 Å². The highest BCUT2D eigenvalue weighted by Gasteiger charge is 2.08. The number of halogens is 1. The number of carbonyl (C=O) groups is 1. The standard InChI is InChI=1S/C16H16INO/c1-11-6-3-4-7-13(11)10-16(19)18-15-9-5-8-14(17)12(15)2/h3-9H,10H2,1-2H3,(H,18,19). The SMILES string of the molecule is Cc1ccccc1CC(=O)Nc1cccc(I)c1C. The molecule has 0 bridgehead atoms. The number of benzene rings is 2. The highest BCUT2D eigenvalue weighted by atomic mass is 127. The summed E-state index contributed by atoms with van der Waals surface area (Å²) >= 11 is 2.27. The maximum absolute atomic E-state index is 12.1. The molecule has 98 valence electrons. The summed E-state index contributed by atoms with van der Waals surface area (Å²) in [5, 5.41) is 2.98. The summed E-state index contributed by atoms with van der Waals surface area (Å²) in [7, 11) is 0. The van der Waals surface area contributed by atoms with E-state index in [2.05, 4.69) is 27.9 Å². The molecule has 0 aliphatic carbocycles. The average Bonchev–Trinajstić information content (AvgIpc) is 2.38. The predicted molar refractivity (Wildman–Crippen MR) is 87.4 cm³/mol. The van der Waals surface area contributed by atoms with E-state index in [0.717, 1.165) is 25.9 Å². The molecule has 2 nitrogen and oxygen atoms in total. The van der Waals surface area contributed by atoms with Crippen LogP contribution >= 0.6 is 22.6 Å². The smallest absolute Gasteiger partial charge is 0.228 e. The normalized spacial score (nSPS) is 10.3. The maximum atomic E-state index is 12.1. The molecular formula is C16H16INO. The van der Waals surface area contributed by atoms with Crippen molar-refractivity contribution in [2.45, 2.75) is 20.3 Å². The van der Waals surface area contributed by atoms with Crippen molar-refractivity contribution < 1.29 is 4.79 Å². The van der Waals surface area contributed by atoms with Gasteiger partial charge in [-0.3, -0.25) is 4.79 Å². The minimum absolute atomic E-state index is 0.0272. The van der Waals surface area contributed by atoms with E-state index in [4.69, 9.17) is 0 Å². The second kappa shape index (κ2) is 6.19. The van der Waals surface area contributed by atoms with Crippen LogP contribution in [-0.2, 0) is 11.2 Å². The number of nitrogens with one attached hydrogen (secondary N) is 1. The van der Waals surface area contributed by atoms with Crippen molar-refractivity contribution in [1.29, 1.82) is 0 Å². The summed E-state index contributed by atoms with van der Waals surface area (Å²) in [5.74, 6) is 0.0272. The molecule has 1 N–H and O–H groups in total. The fourth-order valence-corrected chi connectivity index (χ4v) is 2.42. The van der Waals surface area contributed by atoms with Crippen LogP contribution in [0.25, 0.3) is 0 Å². The van der Waals surface area contributed by atoms with Crippen molar-refractivity contribution in [3.05, 3.63) is 62.7 Å². The van der Waals surface area contributed by atoms with E-state index in [0.29, 0.717) is 6.42 Å². The number of anilines is 1. The average molecular weight is 365 g/mol. The van der Waals surface area contributed by atoms with Crippen molar-refractivity contribution in [1.82, 2.24) is 0 Å². The van der Waals surface area contributed by atoms with Gasteiger partial charge >= 0.3 is 0 Å². The zero-order valence-electron chi connectivity index (χ0n) is 11.0. The van der Waals surface area contributed by atoms with Crippen molar-refractivity contribution >= 4 is 34.2 Å². The molecule has 2 aromatic carbocycles. The highest BCUT2D eigenvalue weighted by molar-refractivity contribution is 14.1. The zero-order valence-corrected chi connectivity index (χ0v) is 13.2. The Morgan fingerprint density at radius 2 is 1.84 bits per heavy atom. The van der Waals surface area contributed by atoms with Crippen molar-refractivity contribution in [2.75, 3.05) is 5.32 Å². The molecular weight excluding hydrogens is 349 g/mol. The van der Waals surface area contributed by atoms with Gasteiger partial charge in [-0.05, 0) is 65.3 Å². The van der Waals surface area contributed by atoms with Gasteiger partial charge in [-0.2, -0.15) is 0 Å². The Hall–Kier alpha value is -1.36. The Morgan fingerprint density at radius 1 is 1.11 bits per heavy atom. The summed E-state index contributed by atoms with van der Waals surface area (Å²) in [6, 6.07) is 13.9. The number of hydrogen-bond acceptors (Lipinski definition) is 1. The van der Waals surface area contributed by atoms with E-state index in [1.807, 2.05) is 56.3 Å². The molecule has 1 amide bonds. The van der Waals surface area contributed by atoms with E-state index in [1.54, 1.807) is 0 Å². The lowest BCUT2D eigenvalue weighted by Gasteiger charge is -2.10. The number of amides is 1. The lowest BCUT2D eigenvalue weighted by molar-refractivity contribution is -0.115. The number of rotatable bonds is 3. The third kappa shape index (κ3) is 3.56. The fraction of sp³-hybridized carbons (Fsp3) is 0.188. The van der Waals surface area contributed by atoms with E-state index < -0.39 is 0 Å². The van der Waals surface area contributed by atoms with Crippen molar-refractivity contribution in [2.24, 2.45) is 0 Å². The quantitative estimate of drug-likeness (QED) is 0.816. The van der Waals surface area contributed by atoms with Crippen LogP contribution in [-0.4, -0.2) is 5.91 Å². The summed E-state index contributed by atoms with van der Waals surface area (Å²) < 4.78 is 1.16. The van der Waals surface area contributed by atoms with Gasteiger partial charge in [0.05, 0.1) is 6.42 Å². The summed E-state index contributed by atoms with van der Waals surface area (Å²) in [4.78, 5) is 12.1. The first-order valence-electron chi connectivity index (χ1n) is 6.17. The fourth-order valence-electron chi connectivity index (χ4n) is 1.92. The van der Waals surface area contributed by atoms with Crippen LogP contribution in [0.5, 0.6) is 0 Å². The van der Waals surface area contributed by atoms with Gasteiger partial charge in [0.2, 0.25) is 5.91 Å². The topological polar surface area (TPSA) is 29.1 Å². The van der Waals surface area contributed by atoms with E-state index in [-0.39, 0.29) is 5.91 Å². The lowest BCUT2D eigenvalue weighted by Crippen LogP contribution is -2.16. The Morgan fingerprint density at radius 3 is 2.58 bits per heavy atom. The highest BCUT2D eigenvalue weighted by Crippen LogP contribution is 2.20. The van der Waals surface area contributed by atoms with Gasteiger partial charge in [-0.15, -0.1) is 0 Å². The summed E-state index contributed by atoms with van der Waals surface area (Å²) in [5.41, 5.74) is 4.23. The Kier molecular flexibility index (Phi) is 4.58. The Balaban J connectivity index is 2.10. The van der Waals surface area contributed by atoms with E-state index in [1.165, 1.54) is 0 Å². The van der Waals surface area contributed by atoms with Gasteiger partial charge in [0.1, 0.15) is 0 Å². The minimum Gasteiger partial charge on any atom is -0.326 e. The molecule has 0 fully saturated rings. The molecule has 19 heavy (non-hydrogen) atoms. The monoisotopic (exact) mass is 365 g/mol. The van der Waals surface area contributed by atoms with Gasteiger partial charge < -0.3 is 5.32 Å². The van der Waals surface area contributed by atoms with Gasteiger partial charge in [0, 0.05) is 9.26 Å². The Labute approximate surface area is 127 Å². The van der Waals surface area contributed by atoms with Crippen LogP contribution in [0.4, 0.5) is 5.69 Å². The first kappa shape index (κ1) is 14.1. The van der Waals surface area contributed by atoms with Gasteiger partial charge in [-0.25, -0.2) is 0 Å². The third-order valence-electron chi connectivity index (χ3n) is 3.15. The van der Waals surface area contributed by atoms with Crippen LogP contribution in [0.1, 0.15) is 16.7 Å². The van der Waals surface area contributed by atoms with Crippen LogP contribution in [0.15, 0.2) is 42.5 Å². The van der Waals surface area contributed by atoms with E-state index in [9.17, 15) is 4.79 Å². The molecule has 0 spiro atoms. The van der Waals surface area contributed by atoms with Crippen LogP contribution in [0.2, 0.25) is 0 Å². The second-order valence-corrected chi connectivity index (χ2v) is 5.73. The molecule has 0 unspecified atom stereocenters. The van der Waals surface area contributed by atoms with Gasteiger partial charge in [0.25, 0.3) is 0 Å². The molecule has 0 aliphatic heterocycles. The number of carbonyl (C=O) groups excluding carboxylic acids is 1. The van der Waals surface area contributed by atoms with Crippen LogP contribution in [0.3, 0.4) is 0 Å². The van der Waals surface area contributed by atoms with Crippen molar-refractivity contribution in [3.63, 3.8) is 0 Å². The molecule has 0 heterocycles. The first-order chi connectivity index (χ1) is 9.08.